The predicted molar refractivity (Wildman–Crippen MR) is 84.0 cm³/mol. The minimum absolute atomic E-state index is 0.131. The van der Waals surface area contributed by atoms with Crippen LogP contribution in [0.3, 0.4) is 0 Å². The van der Waals surface area contributed by atoms with Crippen LogP contribution in [0.25, 0.3) is 0 Å². The molecule has 124 valence electrons. The summed E-state index contributed by atoms with van der Waals surface area (Å²) in [4.78, 5) is 4.31. The Bertz CT molecular complexity index is 593. The number of nitrogens with zero attached hydrogens (tertiary/aromatic N) is 3. The second kappa shape index (κ2) is 6.68. The van der Waals surface area contributed by atoms with Crippen molar-refractivity contribution < 1.29 is 13.2 Å². The van der Waals surface area contributed by atoms with E-state index in [2.05, 4.69) is 9.55 Å². The van der Waals surface area contributed by atoms with Crippen LogP contribution in [0.4, 0.5) is 0 Å². The van der Waals surface area contributed by atoms with E-state index in [0.29, 0.717) is 18.9 Å². The van der Waals surface area contributed by atoms with E-state index >= 15 is 0 Å². The molecule has 0 aliphatic carbocycles. The van der Waals surface area contributed by atoms with Crippen LogP contribution in [0.2, 0.25) is 0 Å². The van der Waals surface area contributed by atoms with Crippen LogP contribution in [0.1, 0.15) is 31.5 Å². The summed E-state index contributed by atoms with van der Waals surface area (Å²) in [5.74, 6) is 1.67. The minimum atomic E-state index is -3.18. The maximum atomic E-state index is 12.4. The third kappa shape index (κ3) is 3.70. The molecule has 22 heavy (non-hydrogen) atoms. The third-order valence-corrected chi connectivity index (χ3v) is 6.60. The molecule has 2 aliphatic rings. The number of imidazole rings is 1. The summed E-state index contributed by atoms with van der Waals surface area (Å²) in [6, 6.07) is 0. The van der Waals surface area contributed by atoms with Crippen molar-refractivity contribution in [3.63, 3.8) is 0 Å². The van der Waals surface area contributed by atoms with Crippen LogP contribution in [-0.2, 0) is 27.7 Å². The van der Waals surface area contributed by atoms with Crippen molar-refractivity contribution in [3.8, 4) is 0 Å². The van der Waals surface area contributed by atoms with E-state index in [1.165, 1.54) is 4.31 Å². The van der Waals surface area contributed by atoms with Gasteiger partial charge in [0.25, 0.3) is 0 Å². The molecule has 0 bridgehead atoms. The normalized spacial score (nSPS) is 25.5. The SMILES string of the molecule is CN(C[C@H]1CCc2nccn2C1)S(=O)(=O)CC[C@H]1CCCO1. The molecule has 0 aromatic carbocycles. The number of hydrogen-bond acceptors (Lipinski definition) is 4. The number of rotatable bonds is 6. The molecular weight excluding hydrogens is 302 g/mol. The van der Waals surface area contributed by atoms with Gasteiger partial charge in [0.1, 0.15) is 5.82 Å². The van der Waals surface area contributed by atoms with Crippen molar-refractivity contribution in [2.75, 3.05) is 26.0 Å². The number of sulfonamides is 1. The first-order valence-electron chi connectivity index (χ1n) is 8.10. The highest BCUT2D eigenvalue weighted by molar-refractivity contribution is 7.89. The Morgan fingerprint density at radius 2 is 2.32 bits per heavy atom. The van der Waals surface area contributed by atoms with Gasteiger partial charge in [-0.1, -0.05) is 0 Å². The predicted octanol–water partition coefficient (Wildman–Crippen LogP) is 1.28. The Labute approximate surface area is 132 Å². The van der Waals surface area contributed by atoms with Gasteiger partial charge in [0.15, 0.2) is 0 Å². The lowest BCUT2D eigenvalue weighted by Gasteiger charge is -2.28. The van der Waals surface area contributed by atoms with E-state index in [1.807, 2.05) is 12.4 Å². The quantitative estimate of drug-likeness (QED) is 0.789. The Kier molecular flexibility index (Phi) is 4.84. The van der Waals surface area contributed by atoms with E-state index in [0.717, 1.165) is 44.7 Å². The zero-order valence-corrected chi connectivity index (χ0v) is 14.0. The van der Waals surface area contributed by atoms with Crippen LogP contribution in [0.5, 0.6) is 0 Å². The van der Waals surface area contributed by atoms with Crippen molar-refractivity contribution in [3.05, 3.63) is 18.2 Å². The van der Waals surface area contributed by atoms with Gasteiger partial charge < -0.3 is 9.30 Å². The number of hydrogen-bond donors (Lipinski definition) is 0. The van der Waals surface area contributed by atoms with Crippen LogP contribution >= 0.6 is 0 Å². The molecule has 0 amide bonds. The van der Waals surface area contributed by atoms with Gasteiger partial charge >= 0.3 is 0 Å². The number of aromatic nitrogens is 2. The lowest BCUT2D eigenvalue weighted by atomic mass is 10.00. The largest absolute Gasteiger partial charge is 0.378 e. The fraction of sp³-hybridized carbons (Fsp3) is 0.800. The zero-order valence-electron chi connectivity index (χ0n) is 13.1. The molecule has 1 aromatic heterocycles. The molecule has 0 unspecified atom stereocenters. The van der Waals surface area contributed by atoms with Crippen molar-refractivity contribution in [1.29, 1.82) is 0 Å². The highest BCUT2D eigenvalue weighted by Crippen LogP contribution is 2.21. The van der Waals surface area contributed by atoms with Gasteiger partial charge in [-0.25, -0.2) is 17.7 Å². The number of fused-ring (bicyclic) bond motifs is 1. The summed E-state index contributed by atoms with van der Waals surface area (Å²) in [6.45, 7) is 2.22. The Balaban J connectivity index is 1.51. The lowest BCUT2D eigenvalue weighted by molar-refractivity contribution is 0.108. The Hall–Kier alpha value is -0.920. The van der Waals surface area contributed by atoms with Gasteiger partial charge in [0.05, 0.1) is 11.9 Å². The van der Waals surface area contributed by atoms with Crippen molar-refractivity contribution in [2.45, 2.75) is 44.8 Å². The van der Waals surface area contributed by atoms with Gasteiger partial charge in [-0.3, -0.25) is 0 Å². The van der Waals surface area contributed by atoms with Crippen LogP contribution in [-0.4, -0.2) is 54.3 Å². The average Bonchev–Trinajstić information content (AvgIpc) is 3.16. The maximum absolute atomic E-state index is 12.4. The molecule has 3 heterocycles. The summed E-state index contributed by atoms with van der Waals surface area (Å²) in [5.41, 5.74) is 0. The summed E-state index contributed by atoms with van der Waals surface area (Å²) in [7, 11) is -1.48. The molecule has 2 aliphatic heterocycles. The fourth-order valence-electron chi connectivity index (χ4n) is 3.37. The van der Waals surface area contributed by atoms with Gasteiger partial charge in [-0.05, 0) is 31.6 Å². The minimum Gasteiger partial charge on any atom is -0.378 e. The second-order valence-corrected chi connectivity index (χ2v) is 8.62. The Morgan fingerprint density at radius 1 is 1.45 bits per heavy atom. The van der Waals surface area contributed by atoms with Crippen molar-refractivity contribution in [2.24, 2.45) is 5.92 Å². The van der Waals surface area contributed by atoms with Gasteiger partial charge in [-0.15, -0.1) is 0 Å². The topological polar surface area (TPSA) is 64.4 Å². The molecule has 3 rings (SSSR count). The lowest BCUT2D eigenvalue weighted by Crippen LogP contribution is -2.37. The molecule has 1 saturated heterocycles. The number of aryl methyl sites for hydroxylation is 1. The first-order chi connectivity index (χ1) is 10.5. The van der Waals surface area contributed by atoms with Gasteiger partial charge in [-0.2, -0.15) is 0 Å². The molecule has 7 heteroatoms. The molecule has 0 spiro atoms. The molecule has 6 nitrogen and oxygen atoms in total. The molecule has 2 atom stereocenters. The van der Waals surface area contributed by atoms with E-state index in [4.69, 9.17) is 4.74 Å². The summed E-state index contributed by atoms with van der Waals surface area (Å²) >= 11 is 0. The third-order valence-electron chi connectivity index (χ3n) is 4.74. The van der Waals surface area contributed by atoms with E-state index < -0.39 is 10.0 Å². The average molecular weight is 327 g/mol. The van der Waals surface area contributed by atoms with Crippen LogP contribution in [0.15, 0.2) is 12.4 Å². The van der Waals surface area contributed by atoms with Crippen LogP contribution < -0.4 is 0 Å². The van der Waals surface area contributed by atoms with Crippen LogP contribution in [0, 0.1) is 5.92 Å². The molecule has 1 aromatic rings. The number of ether oxygens (including phenoxy) is 1. The van der Waals surface area contributed by atoms with Gasteiger partial charge in [0, 0.05) is 45.6 Å². The summed E-state index contributed by atoms with van der Waals surface area (Å²) in [6.07, 6.45) is 8.52. The second-order valence-electron chi connectivity index (χ2n) is 6.42. The summed E-state index contributed by atoms with van der Waals surface area (Å²) < 4.78 is 34.0. The monoisotopic (exact) mass is 327 g/mol. The first kappa shape index (κ1) is 16.0. The molecule has 0 N–H and O–H groups in total. The highest BCUT2D eigenvalue weighted by Gasteiger charge is 2.26. The van der Waals surface area contributed by atoms with Crippen molar-refractivity contribution in [1.82, 2.24) is 13.9 Å². The maximum Gasteiger partial charge on any atom is 0.213 e. The van der Waals surface area contributed by atoms with E-state index in [-0.39, 0.29) is 11.9 Å². The first-order valence-corrected chi connectivity index (χ1v) is 9.71. The smallest absolute Gasteiger partial charge is 0.213 e. The summed E-state index contributed by atoms with van der Waals surface area (Å²) in [5, 5.41) is 0. The fourth-order valence-corrected chi connectivity index (χ4v) is 4.68. The molecule has 1 fully saturated rings. The Morgan fingerprint density at radius 3 is 3.09 bits per heavy atom. The zero-order chi connectivity index (χ0) is 15.6. The highest BCUT2D eigenvalue weighted by atomic mass is 32.2. The molecule has 0 radical (unpaired) electrons. The van der Waals surface area contributed by atoms with Crippen molar-refractivity contribution >= 4 is 10.0 Å². The molecule has 0 saturated carbocycles. The standard InChI is InChI=1S/C15H25N3O3S/c1-17(22(19,20)10-6-14-3-2-9-21-14)11-13-4-5-15-16-7-8-18(15)12-13/h7-8,13-14H,2-6,9-12H2,1H3/t13-,14-/m1/s1. The van der Waals surface area contributed by atoms with Gasteiger partial charge in [0.2, 0.25) is 10.0 Å². The molecular formula is C15H25N3O3S. The van der Waals surface area contributed by atoms with E-state index in [9.17, 15) is 8.42 Å². The van der Waals surface area contributed by atoms with E-state index in [1.54, 1.807) is 7.05 Å².